The minimum atomic E-state index is 0.313. The van der Waals surface area contributed by atoms with Gasteiger partial charge in [0.2, 0.25) is 0 Å². The van der Waals surface area contributed by atoms with Crippen LogP contribution in [0.25, 0.3) is 10.1 Å². The Balaban J connectivity index is 2.87. The fourth-order valence-corrected chi connectivity index (χ4v) is 3.22. The molecular weight excluding hydrogens is 272 g/mol. The van der Waals surface area contributed by atoms with Crippen molar-refractivity contribution >= 4 is 49.0 Å². The molecule has 0 spiro atoms. The zero-order valence-corrected chi connectivity index (χ0v) is 9.71. The Hall–Kier alpha value is -0.250. The molecule has 0 amide bonds. The fourth-order valence-electron chi connectivity index (χ4n) is 1.28. The van der Waals surface area contributed by atoms with Crippen LogP contribution in [-0.2, 0) is 5.88 Å². The first kappa shape index (κ1) is 9.31. The number of alkyl halides is 1. The lowest BCUT2D eigenvalue weighted by Gasteiger charge is -1.97. The molecule has 13 heavy (non-hydrogen) atoms. The summed E-state index contributed by atoms with van der Waals surface area (Å²) in [5.41, 5.74) is 1.04. The van der Waals surface area contributed by atoms with Gasteiger partial charge in [-0.15, -0.1) is 11.6 Å². The number of hydrogen-bond acceptors (Lipinski definition) is 2. The molecule has 0 bridgehead atoms. The predicted octanol–water partition coefficient (Wildman–Crippen LogP) is 4.11. The van der Waals surface area contributed by atoms with Crippen molar-refractivity contribution in [2.45, 2.75) is 5.88 Å². The number of rotatable bonds is 1. The minimum absolute atomic E-state index is 0.313. The molecular formula is C9H6BrClOS. The van der Waals surface area contributed by atoms with Gasteiger partial charge in [-0.2, -0.15) is 0 Å². The Morgan fingerprint density at radius 2 is 2.23 bits per heavy atom. The van der Waals surface area contributed by atoms with Gasteiger partial charge < -0.3 is 5.11 Å². The highest BCUT2D eigenvalue weighted by Crippen LogP contribution is 2.42. The van der Waals surface area contributed by atoms with Gasteiger partial charge in [-0.3, -0.25) is 0 Å². The van der Waals surface area contributed by atoms with Crippen LogP contribution in [0.3, 0.4) is 0 Å². The number of halogens is 2. The molecule has 0 fully saturated rings. The molecule has 68 valence electrons. The third kappa shape index (κ3) is 1.45. The van der Waals surface area contributed by atoms with Crippen LogP contribution in [0.1, 0.15) is 5.56 Å². The zero-order valence-electron chi connectivity index (χ0n) is 6.55. The van der Waals surface area contributed by atoms with Crippen molar-refractivity contribution in [2.24, 2.45) is 0 Å². The maximum atomic E-state index is 9.49. The molecule has 0 saturated heterocycles. The molecule has 1 N–H and O–H groups in total. The average molecular weight is 278 g/mol. The first-order valence-electron chi connectivity index (χ1n) is 3.69. The fraction of sp³-hybridized carbons (Fsp3) is 0.111. The SMILES string of the molecule is Oc1sc2cccc(CCl)c2c1Br. The molecule has 1 nitrogen and oxygen atoms in total. The number of fused-ring (bicyclic) bond motifs is 1. The van der Waals surface area contributed by atoms with E-state index in [0.717, 1.165) is 20.1 Å². The molecule has 1 aromatic heterocycles. The molecule has 0 atom stereocenters. The second kappa shape index (κ2) is 3.48. The normalized spacial score (nSPS) is 10.9. The first-order valence-corrected chi connectivity index (χ1v) is 5.83. The van der Waals surface area contributed by atoms with E-state index >= 15 is 0 Å². The van der Waals surface area contributed by atoms with Crippen molar-refractivity contribution in [3.05, 3.63) is 28.2 Å². The van der Waals surface area contributed by atoms with Gasteiger partial charge in [0.1, 0.15) is 0 Å². The van der Waals surface area contributed by atoms with E-state index in [4.69, 9.17) is 11.6 Å². The van der Waals surface area contributed by atoms with Crippen molar-refractivity contribution < 1.29 is 5.11 Å². The van der Waals surface area contributed by atoms with Crippen LogP contribution in [0.15, 0.2) is 22.7 Å². The van der Waals surface area contributed by atoms with Crippen molar-refractivity contribution in [1.82, 2.24) is 0 Å². The number of aromatic hydroxyl groups is 1. The van der Waals surface area contributed by atoms with Gasteiger partial charge >= 0.3 is 0 Å². The van der Waals surface area contributed by atoms with Gasteiger partial charge in [0.15, 0.2) is 5.06 Å². The minimum Gasteiger partial charge on any atom is -0.499 e. The highest BCUT2D eigenvalue weighted by atomic mass is 79.9. The summed E-state index contributed by atoms with van der Waals surface area (Å²) in [7, 11) is 0. The molecule has 0 aliphatic heterocycles. The Morgan fingerprint density at radius 1 is 1.46 bits per heavy atom. The molecule has 0 radical (unpaired) electrons. The summed E-state index contributed by atoms with van der Waals surface area (Å²) in [5, 5.41) is 10.8. The van der Waals surface area contributed by atoms with E-state index in [1.54, 1.807) is 0 Å². The molecule has 1 heterocycles. The summed E-state index contributed by atoms with van der Waals surface area (Å²) < 4.78 is 1.81. The first-order chi connectivity index (χ1) is 6.24. The number of benzene rings is 1. The van der Waals surface area contributed by atoms with Gasteiger partial charge in [0.05, 0.1) is 4.47 Å². The van der Waals surface area contributed by atoms with E-state index in [9.17, 15) is 5.11 Å². The second-order valence-corrected chi connectivity index (χ2v) is 4.74. The van der Waals surface area contributed by atoms with Crippen molar-refractivity contribution in [3.8, 4) is 5.06 Å². The summed E-state index contributed by atoms with van der Waals surface area (Å²) in [5.74, 6) is 0.464. The summed E-state index contributed by atoms with van der Waals surface area (Å²) in [6.07, 6.45) is 0. The third-order valence-electron chi connectivity index (χ3n) is 1.87. The lowest BCUT2D eigenvalue weighted by Crippen LogP contribution is -1.77. The van der Waals surface area contributed by atoms with Crippen LogP contribution < -0.4 is 0 Å². The monoisotopic (exact) mass is 276 g/mol. The molecule has 0 aliphatic carbocycles. The molecule has 4 heteroatoms. The highest BCUT2D eigenvalue weighted by Gasteiger charge is 2.11. The van der Waals surface area contributed by atoms with Crippen molar-refractivity contribution in [3.63, 3.8) is 0 Å². The Labute approximate surface area is 93.1 Å². The standard InChI is InChI=1S/C9H6BrClOS/c10-8-7-5(4-11)2-1-3-6(7)13-9(8)12/h1-3,12H,4H2. The summed E-state index contributed by atoms with van der Waals surface area (Å²) >= 11 is 10.5. The quantitative estimate of drug-likeness (QED) is 0.778. The number of thiophene rings is 1. The van der Waals surface area contributed by atoms with E-state index in [2.05, 4.69) is 15.9 Å². The van der Waals surface area contributed by atoms with Gasteiger partial charge in [0, 0.05) is 16.0 Å². The topological polar surface area (TPSA) is 20.2 Å². The molecule has 0 aliphatic rings. The predicted molar refractivity (Wildman–Crippen MR) is 60.7 cm³/mol. The maximum absolute atomic E-state index is 9.49. The van der Waals surface area contributed by atoms with E-state index in [0.29, 0.717) is 10.9 Å². The lowest BCUT2D eigenvalue weighted by molar-refractivity contribution is 0.488. The summed E-state index contributed by atoms with van der Waals surface area (Å²) in [6.45, 7) is 0. The van der Waals surface area contributed by atoms with Gasteiger partial charge in [0.25, 0.3) is 0 Å². The van der Waals surface area contributed by atoms with E-state index in [1.807, 2.05) is 18.2 Å². The van der Waals surface area contributed by atoms with Crippen molar-refractivity contribution in [2.75, 3.05) is 0 Å². The Kier molecular flexibility index (Phi) is 2.49. The Bertz CT molecular complexity index is 452. The van der Waals surface area contributed by atoms with E-state index < -0.39 is 0 Å². The average Bonchev–Trinajstić information content (AvgIpc) is 2.43. The van der Waals surface area contributed by atoms with Gasteiger partial charge in [-0.25, -0.2) is 0 Å². The van der Waals surface area contributed by atoms with Crippen LogP contribution in [0.5, 0.6) is 5.06 Å². The van der Waals surface area contributed by atoms with Gasteiger partial charge in [-0.05, 0) is 27.6 Å². The summed E-state index contributed by atoms with van der Waals surface area (Å²) in [6, 6.07) is 5.88. The second-order valence-electron chi connectivity index (χ2n) is 2.65. The van der Waals surface area contributed by atoms with Crippen LogP contribution in [0.2, 0.25) is 0 Å². The van der Waals surface area contributed by atoms with E-state index in [-0.39, 0.29) is 0 Å². The maximum Gasteiger partial charge on any atom is 0.186 e. The van der Waals surface area contributed by atoms with Crippen molar-refractivity contribution in [1.29, 1.82) is 0 Å². The largest absolute Gasteiger partial charge is 0.499 e. The molecule has 0 unspecified atom stereocenters. The van der Waals surface area contributed by atoms with Crippen LogP contribution in [0.4, 0.5) is 0 Å². The molecule has 2 rings (SSSR count). The molecule has 2 aromatic rings. The van der Waals surface area contributed by atoms with Crippen LogP contribution in [-0.4, -0.2) is 5.11 Å². The van der Waals surface area contributed by atoms with Gasteiger partial charge in [-0.1, -0.05) is 23.5 Å². The third-order valence-corrected chi connectivity index (χ3v) is 4.15. The number of hydrogen-bond donors (Lipinski definition) is 1. The smallest absolute Gasteiger partial charge is 0.186 e. The Morgan fingerprint density at radius 3 is 2.92 bits per heavy atom. The zero-order chi connectivity index (χ0) is 9.42. The summed E-state index contributed by atoms with van der Waals surface area (Å²) in [4.78, 5) is 0. The van der Waals surface area contributed by atoms with Crippen LogP contribution in [0, 0.1) is 0 Å². The van der Waals surface area contributed by atoms with E-state index in [1.165, 1.54) is 11.3 Å². The molecule has 0 saturated carbocycles. The molecule has 1 aromatic carbocycles. The lowest BCUT2D eigenvalue weighted by atomic mass is 10.1. The highest BCUT2D eigenvalue weighted by molar-refractivity contribution is 9.10. The van der Waals surface area contributed by atoms with Crippen LogP contribution >= 0.6 is 38.9 Å².